The number of benzene rings is 2. The van der Waals surface area contributed by atoms with Gasteiger partial charge in [0.2, 0.25) is 0 Å². The zero-order chi connectivity index (χ0) is 27.7. The van der Waals surface area contributed by atoms with Gasteiger partial charge < -0.3 is 9.47 Å². The van der Waals surface area contributed by atoms with Crippen molar-refractivity contribution in [2.45, 2.75) is 87.6 Å². The van der Waals surface area contributed by atoms with Crippen molar-refractivity contribution in [3.8, 4) is 0 Å². The van der Waals surface area contributed by atoms with Crippen LogP contribution in [0.2, 0.25) is 0 Å². The normalized spacial score (nSPS) is 35.0. The maximum Gasteiger partial charge on any atom is 0.416 e. The molecule has 0 bridgehead atoms. The second-order valence-electron chi connectivity index (χ2n) is 10.9. The Morgan fingerprint density at radius 1 is 0.605 bits per heavy atom. The van der Waals surface area contributed by atoms with Crippen molar-refractivity contribution in [2.24, 2.45) is 0 Å². The van der Waals surface area contributed by atoms with Crippen LogP contribution in [-0.4, -0.2) is 47.4 Å². The second-order valence-corrected chi connectivity index (χ2v) is 10.9. The van der Waals surface area contributed by atoms with Gasteiger partial charge in [-0.2, -0.15) is 26.3 Å². The average molecular weight is 543 g/mol. The van der Waals surface area contributed by atoms with Gasteiger partial charge in [-0.1, -0.05) is 24.3 Å². The van der Waals surface area contributed by atoms with Crippen molar-refractivity contribution in [1.82, 2.24) is 9.80 Å². The Kier molecular flexibility index (Phi) is 6.65. The summed E-state index contributed by atoms with van der Waals surface area (Å²) in [4.78, 5) is 4.35. The van der Waals surface area contributed by atoms with E-state index in [2.05, 4.69) is 9.80 Å². The minimum absolute atomic E-state index is 0.0400. The SMILES string of the molecule is CC1C(c2ccc(C(F)(F)F)cc2)OC2(CCC3(CC2)OC(c2ccc(C(F)(F)F)cc2)C(C)N3C)N1C. The molecule has 0 amide bonds. The van der Waals surface area contributed by atoms with Crippen LogP contribution in [0.15, 0.2) is 48.5 Å². The molecule has 2 spiro atoms. The van der Waals surface area contributed by atoms with Crippen LogP contribution in [0.4, 0.5) is 26.3 Å². The summed E-state index contributed by atoms with van der Waals surface area (Å²) in [5, 5.41) is 0. The highest BCUT2D eigenvalue weighted by Gasteiger charge is 2.58. The zero-order valence-electron chi connectivity index (χ0n) is 21.7. The van der Waals surface area contributed by atoms with Gasteiger partial charge >= 0.3 is 12.4 Å². The molecule has 3 fully saturated rings. The predicted octanol–water partition coefficient (Wildman–Crippen LogP) is 7.17. The van der Waals surface area contributed by atoms with Gasteiger partial charge in [0.25, 0.3) is 0 Å². The van der Waals surface area contributed by atoms with Crippen LogP contribution in [0.1, 0.15) is 74.0 Å². The third-order valence-corrected chi connectivity index (χ3v) is 9.02. The fourth-order valence-corrected chi connectivity index (χ4v) is 6.37. The van der Waals surface area contributed by atoms with E-state index in [9.17, 15) is 26.3 Å². The molecule has 208 valence electrons. The van der Waals surface area contributed by atoms with Gasteiger partial charge in [0.15, 0.2) is 0 Å². The molecule has 2 aromatic carbocycles. The molecule has 2 heterocycles. The molecule has 0 N–H and O–H groups in total. The maximum absolute atomic E-state index is 13.0. The largest absolute Gasteiger partial charge is 0.416 e. The standard InChI is InChI=1S/C28H32F6N2O2/c1-17-23(19-5-9-21(10-6-19)27(29,30)31)37-25(35(17)3)13-15-26(16-14-25)36(4)18(2)24(38-26)20-7-11-22(12-8-20)28(32,33)34/h5-12,17-18,23-24H,13-16H2,1-4H3. The van der Waals surface area contributed by atoms with Crippen molar-refractivity contribution >= 4 is 0 Å². The molecule has 1 saturated carbocycles. The minimum atomic E-state index is -4.39. The molecular formula is C28H32F6N2O2. The quantitative estimate of drug-likeness (QED) is 0.376. The highest BCUT2D eigenvalue weighted by atomic mass is 19.4. The summed E-state index contributed by atoms with van der Waals surface area (Å²) in [5.74, 6) is 0. The summed E-state index contributed by atoms with van der Waals surface area (Å²) < 4.78 is 91.4. The van der Waals surface area contributed by atoms with Gasteiger partial charge in [0.1, 0.15) is 23.7 Å². The minimum Gasteiger partial charge on any atom is -0.351 e. The molecule has 4 atom stereocenters. The summed E-state index contributed by atoms with van der Waals surface area (Å²) in [5.41, 5.74) is -1.10. The lowest BCUT2D eigenvalue weighted by Gasteiger charge is -2.48. The maximum atomic E-state index is 13.0. The molecule has 3 aliphatic rings. The van der Waals surface area contributed by atoms with Crippen molar-refractivity contribution in [1.29, 1.82) is 0 Å². The highest BCUT2D eigenvalue weighted by Crippen LogP contribution is 2.54. The second kappa shape index (κ2) is 9.21. The number of hydrogen-bond donors (Lipinski definition) is 0. The van der Waals surface area contributed by atoms with E-state index in [0.717, 1.165) is 24.3 Å². The zero-order valence-corrected chi connectivity index (χ0v) is 21.7. The number of halogens is 6. The Labute approximate surface area is 218 Å². The number of rotatable bonds is 2. The van der Waals surface area contributed by atoms with E-state index >= 15 is 0 Å². The topological polar surface area (TPSA) is 24.9 Å². The molecule has 10 heteroatoms. The van der Waals surface area contributed by atoms with Crippen LogP contribution in [0.25, 0.3) is 0 Å². The van der Waals surface area contributed by atoms with Gasteiger partial charge in [-0.25, -0.2) is 0 Å². The monoisotopic (exact) mass is 542 g/mol. The molecule has 5 rings (SSSR count). The highest BCUT2D eigenvalue weighted by molar-refractivity contribution is 5.29. The Hall–Kier alpha value is -2.14. The molecule has 2 saturated heterocycles. The van der Waals surface area contributed by atoms with Crippen LogP contribution in [0, 0.1) is 0 Å². The van der Waals surface area contributed by atoms with Gasteiger partial charge in [-0.05, 0) is 89.0 Å². The van der Waals surface area contributed by atoms with Crippen LogP contribution in [-0.2, 0) is 21.8 Å². The fourth-order valence-electron chi connectivity index (χ4n) is 6.37. The molecule has 0 aromatic heterocycles. The first kappa shape index (κ1) is 27.4. The first-order valence-corrected chi connectivity index (χ1v) is 12.8. The molecule has 4 unspecified atom stereocenters. The lowest BCUT2D eigenvalue weighted by molar-refractivity contribution is -0.193. The van der Waals surface area contributed by atoms with Gasteiger partial charge in [0, 0.05) is 12.1 Å². The summed E-state index contributed by atoms with van der Waals surface area (Å²) in [6.45, 7) is 4.03. The van der Waals surface area contributed by atoms with E-state index in [4.69, 9.17) is 9.47 Å². The van der Waals surface area contributed by atoms with E-state index < -0.39 is 34.9 Å². The lowest BCUT2D eigenvalue weighted by atomic mass is 9.83. The predicted molar refractivity (Wildman–Crippen MR) is 129 cm³/mol. The van der Waals surface area contributed by atoms with E-state index in [-0.39, 0.29) is 24.3 Å². The Bertz CT molecular complexity index is 1050. The van der Waals surface area contributed by atoms with E-state index in [1.807, 2.05) is 27.9 Å². The van der Waals surface area contributed by atoms with E-state index in [1.165, 1.54) is 24.3 Å². The summed E-state index contributed by atoms with van der Waals surface area (Å²) in [6, 6.07) is 10.3. The molecule has 0 radical (unpaired) electrons. The van der Waals surface area contributed by atoms with Gasteiger partial charge in [0.05, 0.1) is 11.1 Å². The number of alkyl halides is 6. The third-order valence-electron chi connectivity index (χ3n) is 9.02. The van der Waals surface area contributed by atoms with Crippen molar-refractivity contribution in [2.75, 3.05) is 14.1 Å². The third kappa shape index (κ3) is 4.53. The van der Waals surface area contributed by atoms with Crippen LogP contribution in [0.3, 0.4) is 0 Å². The number of hydrogen-bond acceptors (Lipinski definition) is 4. The van der Waals surface area contributed by atoms with E-state index in [1.54, 1.807) is 0 Å². The number of nitrogens with zero attached hydrogens (tertiary/aromatic N) is 2. The molecule has 4 nitrogen and oxygen atoms in total. The van der Waals surface area contributed by atoms with Crippen LogP contribution >= 0.6 is 0 Å². The molecule has 2 aliphatic heterocycles. The molecule has 1 aliphatic carbocycles. The van der Waals surface area contributed by atoms with Crippen molar-refractivity contribution in [3.05, 3.63) is 70.8 Å². The number of likely N-dealkylation sites (N-methyl/N-ethyl adjacent to an activating group) is 2. The summed E-state index contributed by atoms with van der Waals surface area (Å²) in [7, 11) is 3.97. The van der Waals surface area contributed by atoms with Gasteiger partial charge in [-0.3, -0.25) is 9.80 Å². The molecule has 2 aromatic rings. The number of ether oxygens (including phenoxy) is 2. The van der Waals surface area contributed by atoms with E-state index in [0.29, 0.717) is 36.8 Å². The Balaban J connectivity index is 1.31. The molecule has 38 heavy (non-hydrogen) atoms. The summed E-state index contributed by atoms with van der Waals surface area (Å²) in [6.07, 6.45) is -6.89. The molecular weight excluding hydrogens is 510 g/mol. The average Bonchev–Trinajstić information content (AvgIpc) is 3.26. The van der Waals surface area contributed by atoms with Crippen LogP contribution in [0.5, 0.6) is 0 Å². The fraction of sp³-hybridized carbons (Fsp3) is 0.571. The first-order chi connectivity index (χ1) is 17.7. The Morgan fingerprint density at radius 3 is 1.16 bits per heavy atom. The smallest absolute Gasteiger partial charge is 0.351 e. The van der Waals surface area contributed by atoms with Crippen LogP contribution < -0.4 is 0 Å². The lowest BCUT2D eigenvalue weighted by Crippen LogP contribution is -2.55. The van der Waals surface area contributed by atoms with Crippen molar-refractivity contribution in [3.63, 3.8) is 0 Å². The van der Waals surface area contributed by atoms with Crippen molar-refractivity contribution < 1.29 is 35.8 Å². The first-order valence-electron chi connectivity index (χ1n) is 12.8. The summed E-state index contributed by atoms with van der Waals surface area (Å²) >= 11 is 0. The Morgan fingerprint density at radius 2 is 0.895 bits per heavy atom. The van der Waals surface area contributed by atoms with Gasteiger partial charge in [-0.15, -0.1) is 0 Å².